The first-order chi connectivity index (χ1) is 6.36. The molecule has 0 saturated heterocycles. The van der Waals surface area contributed by atoms with Crippen LogP contribution in [0.5, 0.6) is 0 Å². The topological polar surface area (TPSA) is 37.2 Å². The molecule has 0 amide bonds. The van der Waals surface area contributed by atoms with E-state index in [0.717, 1.165) is 22.5 Å². The van der Waals surface area contributed by atoms with E-state index in [9.17, 15) is 0 Å². The van der Waals surface area contributed by atoms with Crippen LogP contribution in [0.3, 0.4) is 0 Å². The van der Waals surface area contributed by atoms with Crippen LogP contribution in [0.25, 0.3) is 11.0 Å². The molecule has 3 nitrogen and oxygen atoms in total. The largest absolute Gasteiger partial charge is 0.438 e. The molecule has 2 aromatic rings. The van der Waals surface area contributed by atoms with Gasteiger partial charge >= 0.3 is 0 Å². The summed E-state index contributed by atoms with van der Waals surface area (Å²) in [7, 11) is 3.73. The van der Waals surface area contributed by atoms with Crippen LogP contribution in [0.4, 0.5) is 11.6 Å². The number of benzene rings is 1. The summed E-state index contributed by atoms with van der Waals surface area (Å²) in [5.74, 6) is 0.781. The second-order valence-electron chi connectivity index (χ2n) is 2.80. The Hall–Kier alpha value is -1.64. The van der Waals surface area contributed by atoms with Crippen molar-refractivity contribution in [2.24, 2.45) is 0 Å². The third-order valence-electron chi connectivity index (χ3n) is 2.07. The Balaban J connectivity index is 2.73. The fourth-order valence-corrected chi connectivity index (χ4v) is 1.47. The van der Waals surface area contributed by atoms with Gasteiger partial charge in [-0.25, -0.2) is 0 Å². The standard InChI is InChI=1S/C10H12N2O/c1-11-9-7-5-3-4-6-8(7)13-10(9)12-2/h3-6,11-12H,1-2H3. The van der Waals surface area contributed by atoms with E-state index >= 15 is 0 Å². The first-order valence-corrected chi connectivity index (χ1v) is 4.24. The number of hydrogen-bond donors (Lipinski definition) is 2. The molecule has 0 bridgehead atoms. The molecule has 0 spiro atoms. The summed E-state index contributed by atoms with van der Waals surface area (Å²) >= 11 is 0. The van der Waals surface area contributed by atoms with Crippen LogP contribution >= 0.6 is 0 Å². The SMILES string of the molecule is CNc1oc2ccccc2c1NC. The molecule has 0 aliphatic rings. The predicted octanol–water partition coefficient (Wildman–Crippen LogP) is 2.52. The van der Waals surface area contributed by atoms with E-state index in [1.54, 1.807) is 0 Å². The first kappa shape index (κ1) is 7.98. The minimum Gasteiger partial charge on any atom is -0.438 e. The van der Waals surface area contributed by atoms with Gasteiger partial charge in [0.1, 0.15) is 11.3 Å². The van der Waals surface area contributed by atoms with Crippen LogP contribution in [0.2, 0.25) is 0 Å². The molecule has 2 N–H and O–H groups in total. The first-order valence-electron chi connectivity index (χ1n) is 4.24. The minimum absolute atomic E-state index is 0.781. The lowest BCUT2D eigenvalue weighted by atomic mass is 10.2. The maximum absolute atomic E-state index is 5.57. The van der Waals surface area contributed by atoms with Crippen molar-refractivity contribution < 1.29 is 4.42 Å². The number of fused-ring (bicyclic) bond motifs is 1. The molecule has 0 aliphatic carbocycles. The summed E-state index contributed by atoms with van der Waals surface area (Å²) < 4.78 is 5.57. The van der Waals surface area contributed by atoms with Crippen LogP contribution in [-0.4, -0.2) is 14.1 Å². The van der Waals surface area contributed by atoms with Crippen molar-refractivity contribution >= 4 is 22.5 Å². The van der Waals surface area contributed by atoms with Crippen molar-refractivity contribution in [3.8, 4) is 0 Å². The fraction of sp³-hybridized carbons (Fsp3) is 0.200. The lowest BCUT2D eigenvalue weighted by Gasteiger charge is -1.98. The van der Waals surface area contributed by atoms with Crippen molar-refractivity contribution in [1.82, 2.24) is 0 Å². The van der Waals surface area contributed by atoms with Gasteiger partial charge in [0.15, 0.2) is 0 Å². The Morgan fingerprint density at radius 2 is 1.85 bits per heavy atom. The summed E-state index contributed by atoms with van der Waals surface area (Å²) in [5.41, 5.74) is 1.91. The molecule has 2 rings (SSSR count). The van der Waals surface area contributed by atoms with E-state index in [4.69, 9.17) is 4.42 Å². The molecule has 0 atom stereocenters. The summed E-state index contributed by atoms with van der Waals surface area (Å²) in [6, 6.07) is 7.95. The van der Waals surface area contributed by atoms with Crippen LogP contribution in [0.15, 0.2) is 28.7 Å². The molecule has 13 heavy (non-hydrogen) atoms. The molecule has 1 aromatic carbocycles. The smallest absolute Gasteiger partial charge is 0.217 e. The van der Waals surface area contributed by atoms with Gasteiger partial charge in [-0.05, 0) is 12.1 Å². The van der Waals surface area contributed by atoms with Gasteiger partial charge in [0.2, 0.25) is 5.88 Å². The van der Waals surface area contributed by atoms with Gasteiger partial charge in [0.25, 0.3) is 0 Å². The lowest BCUT2D eigenvalue weighted by molar-refractivity contribution is 0.633. The van der Waals surface area contributed by atoms with E-state index < -0.39 is 0 Å². The maximum atomic E-state index is 5.57. The third-order valence-corrected chi connectivity index (χ3v) is 2.07. The van der Waals surface area contributed by atoms with Crippen molar-refractivity contribution in [3.05, 3.63) is 24.3 Å². The molecular weight excluding hydrogens is 164 g/mol. The Labute approximate surface area is 76.7 Å². The molecule has 3 heteroatoms. The molecule has 0 aliphatic heterocycles. The van der Waals surface area contributed by atoms with Gasteiger partial charge < -0.3 is 15.1 Å². The molecule has 68 valence electrons. The Morgan fingerprint density at radius 1 is 1.08 bits per heavy atom. The number of rotatable bonds is 2. The Bertz CT molecular complexity index is 420. The molecule has 0 radical (unpaired) electrons. The minimum atomic E-state index is 0.781. The van der Waals surface area contributed by atoms with Gasteiger partial charge in [0, 0.05) is 19.5 Å². The van der Waals surface area contributed by atoms with Crippen molar-refractivity contribution in [2.75, 3.05) is 24.7 Å². The predicted molar refractivity (Wildman–Crippen MR) is 55.3 cm³/mol. The highest BCUT2D eigenvalue weighted by molar-refractivity contribution is 5.96. The molecule has 1 heterocycles. The van der Waals surface area contributed by atoms with E-state index in [1.807, 2.05) is 38.4 Å². The van der Waals surface area contributed by atoms with Crippen molar-refractivity contribution in [3.63, 3.8) is 0 Å². The quantitative estimate of drug-likeness (QED) is 0.738. The highest BCUT2D eigenvalue weighted by atomic mass is 16.4. The summed E-state index contributed by atoms with van der Waals surface area (Å²) in [6.45, 7) is 0. The molecule has 0 unspecified atom stereocenters. The van der Waals surface area contributed by atoms with Crippen LogP contribution in [-0.2, 0) is 0 Å². The highest BCUT2D eigenvalue weighted by Gasteiger charge is 2.09. The summed E-state index contributed by atoms with van der Waals surface area (Å²) in [4.78, 5) is 0. The average Bonchev–Trinajstić information content (AvgIpc) is 2.55. The zero-order valence-electron chi connectivity index (χ0n) is 7.72. The van der Waals surface area contributed by atoms with Gasteiger partial charge in [0.05, 0.1) is 0 Å². The summed E-state index contributed by atoms with van der Waals surface area (Å²) in [5, 5.41) is 7.23. The van der Waals surface area contributed by atoms with Gasteiger partial charge in [-0.3, -0.25) is 0 Å². The number of hydrogen-bond acceptors (Lipinski definition) is 3. The Kier molecular flexibility index (Phi) is 1.85. The van der Waals surface area contributed by atoms with Gasteiger partial charge in [-0.2, -0.15) is 0 Å². The van der Waals surface area contributed by atoms with Gasteiger partial charge in [-0.15, -0.1) is 0 Å². The average molecular weight is 176 g/mol. The normalized spacial score (nSPS) is 10.3. The van der Waals surface area contributed by atoms with E-state index in [2.05, 4.69) is 10.6 Å². The van der Waals surface area contributed by atoms with Crippen LogP contribution in [0.1, 0.15) is 0 Å². The maximum Gasteiger partial charge on any atom is 0.217 e. The van der Waals surface area contributed by atoms with E-state index in [0.29, 0.717) is 0 Å². The summed E-state index contributed by atoms with van der Waals surface area (Å²) in [6.07, 6.45) is 0. The second kappa shape index (κ2) is 3.01. The fourth-order valence-electron chi connectivity index (χ4n) is 1.47. The number of nitrogens with one attached hydrogen (secondary N) is 2. The zero-order chi connectivity index (χ0) is 9.26. The Morgan fingerprint density at radius 3 is 2.54 bits per heavy atom. The van der Waals surface area contributed by atoms with Crippen LogP contribution < -0.4 is 10.6 Å². The van der Waals surface area contributed by atoms with Crippen LogP contribution in [0, 0.1) is 0 Å². The number of anilines is 2. The van der Waals surface area contributed by atoms with Gasteiger partial charge in [-0.1, -0.05) is 12.1 Å². The number of para-hydroxylation sites is 1. The molecule has 0 fully saturated rings. The van der Waals surface area contributed by atoms with E-state index in [1.165, 1.54) is 0 Å². The monoisotopic (exact) mass is 176 g/mol. The highest BCUT2D eigenvalue weighted by Crippen LogP contribution is 2.33. The van der Waals surface area contributed by atoms with Crippen molar-refractivity contribution in [2.45, 2.75) is 0 Å². The molecular formula is C10H12N2O. The molecule has 0 saturated carbocycles. The van der Waals surface area contributed by atoms with E-state index in [-0.39, 0.29) is 0 Å². The third kappa shape index (κ3) is 1.13. The zero-order valence-corrected chi connectivity index (χ0v) is 7.72. The second-order valence-corrected chi connectivity index (χ2v) is 2.80. The lowest BCUT2D eigenvalue weighted by Crippen LogP contribution is -1.92. The van der Waals surface area contributed by atoms with Crippen molar-refractivity contribution in [1.29, 1.82) is 0 Å². The number of furan rings is 1. The molecule has 1 aromatic heterocycles.